The molecule has 6 nitrogen and oxygen atoms in total. The van der Waals surface area contributed by atoms with E-state index >= 15 is 0 Å². The van der Waals surface area contributed by atoms with Crippen molar-refractivity contribution in [1.29, 1.82) is 0 Å². The Labute approximate surface area is 229 Å². The van der Waals surface area contributed by atoms with E-state index in [-0.39, 0.29) is 17.4 Å². The first-order valence-corrected chi connectivity index (χ1v) is 13.7. The minimum Gasteiger partial charge on any atom is -0.490 e. The highest BCUT2D eigenvalue weighted by molar-refractivity contribution is 5.97. The van der Waals surface area contributed by atoms with Gasteiger partial charge in [-0.25, -0.2) is 0 Å². The molecule has 38 heavy (non-hydrogen) atoms. The maximum Gasteiger partial charge on any atom is 0.325 e. The largest absolute Gasteiger partial charge is 0.490 e. The number of nitrogens with one attached hydrogen (secondary N) is 1. The van der Waals surface area contributed by atoms with Crippen molar-refractivity contribution in [2.45, 2.75) is 106 Å². The van der Waals surface area contributed by atoms with Gasteiger partial charge in [-0.3, -0.25) is 9.59 Å². The average molecular weight is 528 g/mol. The predicted octanol–water partition coefficient (Wildman–Crippen LogP) is 6.81. The van der Waals surface area contributed by atoms with Gasteiger partial charge >= 0.3 is 5.97 Å². The monoisotopic (exact) mass is 527 g/mol. The molecular weight excluding hydrogens is 478 g/mol. The number of benzene rings is 2. The van der Waals surface area contributed by atoms with Crippen molar-refractivity contribution in [2.75, 3.05) is 6.61 Å². The molecule has 0 saturated carbocycles. The van der Waals surface area contributed by atoms with Crippen molar-refractivity contribution in [1.82, 2.24) is 5.32 Å². The lowest BCUT2D eigenvalue weighted by molar-refractivity contribution is -0.138. The Balaban J connectivity index is 0.00000352. The van der Waals surface area contributed by atoms with E-state index in [4.69, 9.17) is 9.84 Å². The normalized spacial score (nSPS) is 14.0. The molecule has 2 aromatic rings. The van der Waals surface area contributed by atoms with Gasteiger partial charge in [-0.05, 0) is 80.3 Å². The summed E-state index contributed by atoms with van der Waals surface area (Å²) in [5.74, 6) is -0.713. The SMILES string of the molecule is CC.CCC(CC)(c1ccc(OCC(C)(O)C(C)(C)C)c(C)c1)c1ccc(C(=O)NC(C)C(=O)O)c(C)c1. The van der Waals surface area contributed by atoms with Gasteiger partial charge in [0.25, 0.3) is 5.91 Å². The third-order valence-corrected chi connectivity index (χ3v) is 7.80. The smallest absolute Gasteiger partial charge is 0.325 e. The predicted molar refractivity (Wildman–Crippen MR) is 155 cm³/mol. The Hall–Kier alpha value is -2.86. The maximum atomic E-state index is 12.6. The highest BCUT2D eigenvalue weighted by Gasteiger charge is 2.36. The Kier molecular flexibility index (Phi) is 11.6. The Bertz CT molecular complexity index is 1090. The van der Waals surface area contributed by atoms with Crippen molar-refractivity contribution < 1.29 is 24.5 Å². The summed E-state index contributed by atoms with van der Waals surface area (Å²) < 4.78 is 6.04. The van der Waals surface area contributed by atoms with Gasteiger partial charge in [0.1, 0.15) is 24.0 Å². The van der Waals surface area contributed by atoms with Crippen LogP contribution in [0.25, 0.3) is 0 Å². The van der Waals surface area contributed by atoms with Gasteiger partial charge < -0.3 is 20.3 Å². The van der Waals surface area contributed by atoms with Crippen LogP contribution in [0.3, 0.4) is 0 Å². The fourth-order valence-corrected chi connectivity index (χ4v) is 4.33. The van der Waals surface area contributed by atoms with Crippen LogP contribution in [-0.4, -0.2) is 40.3 Å². The van der Waals surface area contributed by atoms with E-state index < -0.39 is 23.5 Å². The molecule has 6 heteroatoms. The molecule has 2 aromatic carbocycles. The summed E-state index contributed by atoms with van der Waals surface area (Å²) in [5, 5.41) is 22.4. The molecule has 0 spiro atoms. The molecular formula is C32H49NO5. The number of aliphatic hydroxyl groups is 1. The van der Waals surface area contributed by atoms with Crippen LogP contribution in [0.5, 0.6) is 5.75 Å². The first-order chi connectivity index (χ1) is 17.6. The zero-order chi connectivity index (χ0) is 29.5. The van der Waals surface area contributed by atoms with Gasteiger partial charge in [0.2, 0.25) is 0 Å². The van der Waals surface area contributed by atoms with E-state index in [1.54, 1.807) is 13.0 Å². The number of hydrogen-bond donors (Lipinski definition) is 3. The fourth-order valence-electron chi connectivity index (χ4n) is 4.33. The summed E-state index contributed by atoms with van der Waals surface area (Å²) >= 11 is 0. The Morgan fingerprint density at radius 1 is 0.921 bits per heavy atom. The van der Waals surface area contributed by atoms with E-state index in [9.17, 15) is 14.7 Å². The second-order valence-electron chi connectivity index (χ2n) is 11.1. The van der Waals surface area contributed by atoms with E-state index in [0.717, 1.165) is 40.8 Å². The highest BCUT2D eigenvalue weighted by Crippen LogP contribution is 2.41. The highest BCUT2D eigenvalue weighted by atomic mass is 16.5. The summed E-state index contributed by atoms with van der Waals surface area (Å²) in [6, 6.07) is 11.1. The molecule has 2 unspecified atom stereocenters. The molecule has 0 fully saturated rings. The molecule has 0 bridgehead atoms. The summed E-state index contributed by atoms with van der Waals surface area (Å²) in [7, 11) is 0. The van der Waals surface area contributed by atoms with Crippen molar-refractivity contribution >= 4 is 11.9 Å². The number of aliphatic carboxylic acids is 1. The molecule has 0 aliphatic carbocycles. The molecule has 3 N–H and O–H groups in total. The number of carboxylic acids is 1. The van der Waals surface area contributed by atoms with Crippen LogP contribution in [0.4, 0.5) is 0 Å². The van der Waals surface area contributed by atoms with Gasteiger partial charge in [-0.2, -0.15) is 0 Å². The van der Waals surface area contributed by atoms with Crippen LogP contribution >= 0.6 is 0 Å². The quantitative estimate of drug-likeness (QED) is 0.315. The van der Waals surface area contributed by atoms with E-state index in [0.29, 0.717) is 5.56 Å². The molecule has 0 saturated heterocycles. The van der Waals surface area contributed by atoms with Crippen LogP contribution in [0, 0.1) is 19.3 Å². The summed E-state index contributed by atoms with van der Waals surface area (Å²) in [6.45, 7) is 21.6. The zero-order valence-corrected chi connectivity index (χ0v) is 25.3. The summed E-state index contributed by atoms with van der Waals surface area (Å²) in [4.78, 5) is 23.7. The van der Waals surface area contributed by atoms with Crippen LogP contribution in [0.2, 0.25) is 0 Å². The van der Waals surface area contributed by atoms with Gasteiger partial charge in [0.15, 0.2) is 0 Å². The number of aryl methyl sites for hydroxylation is 2. The van der Waals surface area contributed by atoms with Crippen molar-refractivity contribution in [2.24, 2.45) is 5.41 Å². The second kappa shape index (κ2) is 13.3. The molecule has 0 aliphatic heterocycles. The Morgan fingerprint density at radius 3 is 1.84 bits per heavy atom. The molecule has 212 valence electrons. The lowest BCUT2D eigenvalue weighted by atomic mass is 9.70. The van der Waals surface area contributed by atoms with E-state index in [1.165, 1.54) is 6.92 Å². The lowest BCUT2D eigenvalue weighted by Crippen LogP contribution is -2.45. The van der Waals surface area contributed by atoms with Gasteiger partial charge in [-0.15, -0.1) is 0 Å². The first-order valence-electron chi connectivity index (χ1n) is 13.7. The standard InChI is InChI=1S/C30H43NO5.C2H6/c1-10-30(11-2,22-12-14-24(19(3)16-22)26(32)31-21(5)27(33)34)23-13-15-25(20(4)17-23)36-18-29(9,35)28(6,7)8;1-2/h12-17,21,35H,10-11,18H2,1-9H3,(H,31,32)(H,33,34);1-2H3. The zero-order valence-electron chi connectivity index (χ0n) is 25.3. The van der Waals surface area contributed by atoms with E-state index in [1.807, 2.05) is 66.7 Å². The minimum atomic E-state index is -1.07. The topological polar surface area (TPSA) is 95.9 Å². The third-order valence-electron chi connectivity index (χ3n) is 7.80. The number of carboxylic acid groups (broad SMARTS) is 1. The molecule has 2 rings (SSSR count). The van der Waals surface area contributed by atoms with Crippen LogP contribution in [-0.2, 0) is 10.2 Å². The fraction of sp³-hybridized carbons (Fsp3) is 0.562. The van der Waals surface area contributed by atoms with Gasteiger partial charge in [0, 0.05) is 11.0 Å². The molecule has 0 heterocycles. The second-order valence-corrected chi connectivity index (χ2v) is 11.1. The molecule has 0 aromatic heterocycles. The summed E-state index contributed by atoms with van der Waals surface area (Å²) in [5.41, 5.74) is 3.00. The molecule has 2 atom stereocenters. The first kappa shape index (κ1) is 33.2. The Morgan fingerprint density at radius 2 is 1.42 bits per heavy atom. The van der Waals surface area contributed by atoms with Gasteiger partial charge in [0.05, 0.1) is 0 Å². The van der Waals surface area contributed by atoms with E-state index in [2.05, 4.69) is 31.3 Å². The van der Waals surface area contributed by atoms with Crippen LogP contribution < -0.4 is 10.1 Å². The summed E-state index contributed by atoms with van der Waals surface area (Å²) in [6.07, 6.45) is 1.73. The average Bonchev–Trinajstić information content (AvgIpc) is 2.85. The number of rotatable bonds is 10. The van der Waals surface area contributed by atoms with Crippen LogP contribution in [0.15, 0.2) is 36.4 Å². The number of hydrogen-bond acceptors (Lipinski definition) is 4. The maximum absolute atomic E-state index is 12.6. The number of amides is 1. The van der Waals surface area contributed by atoms with Crippen LogP contribution in [0.1, 0.15) is 108 Å². The number of carbonyl (C=O) groups is 2. The van der Waals surface area contributed by atoms with Crippen molar-refractivity contribution in [3.63, 3.8) is 0 Å². The van der Waals surface area contributed by atoms with Gasteiger partial charge in [-0.1, -0.05) is 72.7 Å². The third kappa shape index (κ3) is 7.37. The molecule has 1 amide bonds. The lowest BCUT2D eigenvalue weighted by Gasteiger charge is -2.37. The minimum absolute atomic E-state index is 0.201. The number of carbonyl (C=O) groups excluding carboxylic acids is 1. The molecule has 0 radical (unpaired) electrons. The van der Waals surface area contributed by atoms with Crippen molar-refractivity contribution in [3.05, 3.63) is 64.2 Å². The van der Waals surface area contributed by atoms with Crippen molar-refractivity contribution in [3.8, 4) is 5.75 Å². The number of ether oxygens (including phenoxy) is 1. The molecule has 0 aliphatic rings.